The molecule has 1 aromatic rings. The van der Waals surface area contributed by atoms with Gasteiger partial charge >= 0.3 is 0 Å². The van der Waals surface area contributed by atoms with Crippen LogP contribution in [0.4, 0.5) is 4.39 Å². The van der Waals surface area contributed by atoms with E-state index in [1.54, 1.807) is 0 Å². The Kier molecular flexibility index (Phi) is 8.12. The zero-order valence-corrected chi connectivity index (χ0v) is 10.1. The lowest BCUT2D eigenvalue weighted by atomic mass is 10.1. The summed E-state index contributed by atoms with van der Waals surface area (Å²) in [5.41, 5.74) is 0. The van der Waals surface area contributed by atoms with Gasteiger partial charge in [-0.25, -0.2) is 0 Å². The monoisotopic (exact) mass is 226 g/mol. The first-order chi connectivity index (χ1) is 7.68. The van der Waals surface area contributed by atoms with Crippen LogP contribution in [0.5, 0.6) is 5.75 Å². The van der Waals surface area contributed by atoms with Crippen LogP contribution >= 0.6 is 0 Å². The Labute approximate surface area is 96.4 Å². The van der Waals surface area contributed by atoms with Gasteiger partial charge in [0.1, 0.15) is 12.4 Å². The quantitative estimate of drug-likeness (QED) is 0.770. The summed E-state index contributed by atoms with van der Waals surface area (Å²) in [7, 11) is 0.500. The van der Waals surface area contributed by atoms with Gasteiger partial charge in [0.15, 0.2) is 5.78 Å². The largest absolute Gasteiger partial charge is 0.486 e. The number of hydrogen-bond acceptors (Lipinski definition) is 2. The molecule has 0 saturated heterocycles. The van der Waals surface area contributed by atoms with Crippen molar-refractivity contribution >= 4 is 5.78 Å². The van der Waals surface area contributed by atoms with Gasteiger partial charge in [-0.05, 0) is 18.1 Å². The van der Waals surface area contributed by atoms with Gasteiger partial charge in [0, 0.05) is 6.42 Å². The summed E-state index contributed by atoms with van der Waals surface area (Å²) in [5.74, 6) is 1.32. The molecule has 1 rings (SSSR count). The first-order valence-corrected chi connectivity index (χ1v) is 5.26. The predicted molar refractivity (Wildman–Crippen MR) is 63.4 cm³/mol. The number of para-hydroxylation sites is 1. The Bertz CT molecular complexity index is 283. The van der Waals surface area contributed by atoms with Crippen molar-refractivity contribution in [1.82, 2.24) is 0 Å². The zero-order chi connectivity index (χ0) is 12.4. The molecule has 0 spiro atoms. The first kappa shape index (κ1) is 14.6. The Morgan fingerprint density at radius 3 is 2.31 bits per heavy atom. The van der Waals surface area contributed by atoms with Crippen LogP contribution in [0.25, 0.3) is 0 Å². The summed E-state index contributed by atoms with van der Waals surface area (Å²) in [6, 6.07) is 9.40. The number of ketones is 1. The SMILES string of the molecule is CC(C)CC(=O)COc1ccccc1.CF. The number of carbonyl (C=O) groups is 1. The molecule has 0 N–H and O–H groups in total. The molecular weight excluding hydrogens is 207 g/mol. The molecule has 0 radical (unpaired) electrons. The van der Waals surface area contributed by atoms with Gasteiger partial charge in [0.25, 0.3) is 0 Å². The molecule has 0 bridgehead atoms. The highest BCUT2D eigenvalue weighted by molar-refractivity contribution is 5.80. The molecule has 0 saturated carbocycles. The van der Waals surface area contributed by atoms with Crippen molar-refractivity contribution in [2.75, 3.05) is 13.8 Å². The molecule has 0 amide bonds. The fraction of sp³-hybridized carbons (Fsp3) is 0.462. The van der Waals surface area contributed by atoms with Crippen molar-refractivity contribution < 1.29 is 13.9 Å². The maximum atomic E-state index is 11.3. The molecule has 0 heterocycles. The van der Waals surface area contributed by atoms with Crippen molar-refractivity contribution in [1.29, 1.82) is 0 Å². The maximum Gasteiger partial charge on any atom is 0.170 e. The summed E-state index contributed by atoms with van der Waals surface area (Å²) < 4.78 is 14.8. The first-order valence-electron chi connectivity index (χ1n) is 5.26. The average Bonchev–Trinajstić information content (AvgIpc) is 2.30. The second-order valence-electron chi connectivity index (χ2n) is 3.74. The van der Waals surface area contributed by atoms with Crippen LogP contribution in [0.1, 0.15) is 20.3 Å². The minimum absolute atomic E-state index is 0.156. The molecule has 0 aliphatic carbocycles. The summed E-state index contributed by atoms with van der Waals surface area (Å²) in [6.45, 7) is 4.24. The van der Waals surface area contributed by atoms with E-state index in [-0.39, 0.29) is 12.4 Å². The van der Waals surface area contributed by atoms with Crippen molar-refractivity contribution in [2.45, 2.75) is 20.3 Å². The predicted octanol–water partition coefficient (Wildman–Crippen LogP) is 3.27. The number of carbonyl (C=O) groups excluding carboxylic acids is 1. The van der Waals surface area contributed by atoms with Gasteiger partial charge < -0.3 is 4.74 Å². The highest BCUT2D eigenvalue weighted by atomic mass is 19.1. The maximum absolute atomic E-state index is 11.3. The molecule has 0 unspecified atom stereocenters. The molecule has 2 nitrogen and oxygen atoms in total. The highest BCUT2D eigenvalue weighted by Gasteiger charge is 2.05. The number of Topliss-reactive ketones (excluding diaryl/α,β-unsaturated/α-hetero) is 1. The Balaban J connectivity index is 0.00000106. The third-order valence-corrected chi connectivity index (χ3v) is 1.78. The lowest BCUT2D eigenvalue weighted by molar-refractivity contribution is -0.121. The van der Waals surface area contributed by atoms with Crippen LogP contribution in [-0.4, -0.2) is 19.6 Å². The number of alkyl halides is 1. The molecule has 16 heavy (non-hydrogen) atoms. The van der Waals surface area contributed by atoms with Gasteiger partial charge in [0.2, 0.25) is 0 Å². The summed E-state index contributed by atoms with van der Waals surface area (Å²) in [5, 5.41) is 0. The summed E-state index contributed by atoms with van der Waals surface area (Å²) in [6.07, 6.45) is 0.590. The molecular formula is C13H19FO2. The second-order valence-corrected chi connectivity index (χ2v) is 3.74. The van der Waals surface area contributed by atoms with Gasteiger partial charge in [-0.1, -0.05) is 32.0 Å². The lowest BCUT2D eigenvalue weighted by Crippen LogP contribution is -2.13. The van der Waals surface area contributed by atoms with Gasteiger partial charge in [-0.15, -0.1) is 0 Å². The van der Waals surface area contributed by atoms with Gasteiger partial charge in [-0.2, -0.15) is 0 Å². The van der Waals surface area contributed by atoms with Crippen LogP contribution in [0, 0.1) is 5.92 Å². The van der Waals surface area contributed by atoms with Crippen molar-refractivity contribution in [3.8, 4) is 5.75 Å². The van der Waals surface area contributed by atoms with Crippen LogP contribution < -0.4 is 4.74 Å². The van der Waals surface area contributed by atoms with E-state index in [1.807, 2.05) is 44.2 Å². The topological polar surface area (TPSA) is 26.3 Å². The number of hydrogen-bond donors (Lipinski definition) is 0. The van der Waals surface area contributed by atoms with Crippen molar-refractivity contribution in [2.24, 2.45) is 5.92 Å². The van der Waals surface area contributed by atoms with E-state index in [9.17, 15) is 9.18 Å². The zero-order valence-electron chi connectivity index (χ0n) is 10.1. The molecule has 1 aromatic carbocycles. The number of ether oxygens (including phenoxy) is 1. The lowest BCUT2D eigenvalue weighted by Gasteiger charge is -2.06. The van der Waals surface area contributed by atoms with Crippen LogP contribution in [0.15, 0.2) is 30.3 Å². The van der Waals surface area contributed by atoms with E-state index in [0.717, 1.165) is 5.75 Å². The third kappa shape index (κ3) is 6.98. The summed E-state index contributed by atoms with van der Waals surface area (Å²) >= 11 is 0. The third-order valence-electron chi connectivity index (χ3n) is 1.78. The molecule has 0 atom stereocenters. The molecule has 0 fully saturated rings. The number of halogens is 1. The van der Waals surface area contributed by atoms with Gasteiger partial charge in [-0.3, -0.25) is 9.18 Å². The molecule has 3 heteroatoms. The molecule has 0 aliphatic rings. The number of benzene rings is 1. The van der Waals surface area contributed by atoms with E-state index in [2.05, 4.69) is 0 Å². The van der Waals surface area contributed by atoms with Crippen molar-refractivity contribution in [3.05, 3.63) is 30.3 Å². The van der Waals surface area contributed by atoms with Crippen molar-refractivity contribution in [3.63, 3.8) is 0 Å². The average molecular weight is 226 g/mol. The van der Waals surface area contributed by atoms with E-state index >= 15 is 0 Å². The van der Waals surface area contributed by atoms with Crippen LogP contribution in [0.2, 0.25) is 0 Å². The Morgan fingerprint density at radius 1 is 1.25 bits per heavy atom. The molecule has 0 aromatic heterocycles. The highest BCUT2D eigenvalue weighted by Crippen LogP contribution is 2.09. The van der Waals surface area contributed by atoms with E-state index in [4.69, 9.17) is 4.74 Å². The van der Waals surface area contributed by atoms with Gasteiger partial charge in [0.05, 0.1) is 7.18 Å². The molecule has 90 valence electrons. The number of rotatable bonds is 5. The smallest absolute Gasteiger partial charge is 0.170 e. The van der Waals surface area contributed by atoms with E-state index in [0.29, 0.717) is 19.5 Å². The van der Waals surface area contributed by atoms with Crippen LogP contribution in [0.3, 0.4) is 0 Å². The summed E-state index contributed by atoms with van der Waals surface area (Å²) in [4.78, 5) is 11.3. The minimum atomic E-state index is 0.156. The van der Waals surface area contributed by atoms with E-state index in [1.165, 1.54) is 0 Å². The fourth-order valence-electron chi connectivity index (χ4n) is 1.19. The fourth-order valence-corrected chi connectivity index (χ4v) is 1.19. The Morgan fingerprint density at radius 2 is 1.81 bits per heavy atom. The standard InChI is InChI=1S/C12H16O2.CH3F/c1-10(2)8-11(13)9-14-12-6-4-3-5-7-12;1-2/h3-7,10H,8-9H2,1-2H3;1H3. The molecule has 0 aliphatic heterocycles. The van der Waals surface area contributed by atoms with E-state index < -0.39 is 0 Å². The minimum Gasteiger partial charge on any atom is -0.486 e. The van der Waals surface area contributed by atoms with Crippen LogP contribution in [-0.2, 0) is 4.79 Å². The second kappa shape index (κ2) is 8.89. The normalized spacial score (nSPS) is 9.31. The Hall–Kier alpha value is -1.38.